The van der Waals surface area contributed by atoms with E-state index >= 15 is 0 Å². The van der Waals surface area contributed by atoms with Crippen LogP contribution in [-0.2, 0) is 4.79 Å². The van der Waals surface area contributed by atoms with Crippen LogP contribution in [0.1, 0.15) is 33.6 Å². The summed E-state index contributed by atoms with van der Waals surface area (Å²) in [6.45, 7) is 10.7. The molecule has 0 aliphatic heterocycles. The fourth-order valence-electron chi connectivity index (χ4n) is 1.70. The third-order valence-corrected chi connectivity index (χ3v) is 3.03. The van der Waals surface area contributed by atoms with Crippen LogP contribution in [0, 0.1) is 0 Å². The van der Waals surface area contributed by atoms with Crippen LogP contribution in [0.5, 0.6) is 0 Å². The summed E-state index contributed by atoms with van der Waals surface area (Å²) in [5, 5.41) is 10.2. The Morgan fingerprint density at radius 2 is 1.62 bits per heavy atom. The van der Waals surface area contributed by atoms with Gasteiger partial charge in [0.2, 0.25) is 0 Å². The largest absolute Gasteiger partial charge is 0.550 e. The summed E-state index contributed by atoms with van der Waals surface area (Å²) < 4.78 is 1.02. The summed E-state index contributed by atoms with van der Waals surface area (Å²) in [6.07, 6.45) is 0.928. The van der Waals surface area contributed by atoms with Gasteiger partial charge >= 0.3 is 0 Å². The Balaban J connectivity index is 3.88. The molecule has 0 spiro atoms. The van der Waals surface area contributed by atoms with E-state index in [9.17, 15) is 9.90 Å². The third-order valence-electron chi connectivity index (χ3n) is 3.03. The smallest absolute Gasteiger partial charge is 0.0790 e. The SMILES string of the molecule is CC[N+](CC)(CC)CCCC(=O)[O-]. The van der Waals surface area contributed by atoms with E-state index in [4.69, 9.17) is 0 Å². The lowest BCUT2D eigenvalue weighted by atomic mass is 10.2. The lowest BCUT2D eigenvalue weighted by Crippen LogP contribution is -2.48. The predicted molar refractivity (Wildman–Crippen MR) is 51.0 cm³/mol. The van der Waals surface area contributed by atoms with Crippen LogP contribution in [0.25, 0.3) is 0 Å². The summed E-state index contributed by atoms with van der Waals surface area (Å²) in [5.74, 6) is -0.929. The van der Waals surface area contributed by atoms with E-state index in [1.807, 2.05) is 0 Å². The van der Waals surface area contributed by atoms with Crippen LogP contribution >= 0.6 is 0 Å². The predicted octanol–water partition coefficient (Wildman–Crippen LogP) is 0.393. The standard InChI is InChI=1S/C10H21NO2/c1-4-11(5-2,6-3)9-7-8-10(12)13/h4-9H2,1-3H3. The Bertz CT molecular complexity index is 145. The first kappa shape index (κ1) is 12.4. The van der Waals surface area contributed by atoms with E-state index in [0.29, 0.717) is 0 Å². The summed E-state index contributed by atoms with van der Waals surface area (Å²) in [4.78, 5) is 10.2. The van der Waals surface area contributed by atoms with Gasteiger partial charge in [-0.05, 0) is 27.2 Å². The van der Waals surface area contributed by atoms with Crippen molar-refractivity contribution in [2.24, 2.45) is 0 Å². The molecule has 0 N–H and O–H groups in total. The molecule has 0 aromatic rings. The Hall–Kier alpha value is -0.570. The van der Waals surface area contributed by atoms with Crippen molar-refractivity contribution in [3.05, 3.63) is 0 Å². The highest BCUT2D eigenvalue weighted by Crippen LogP contribution is 2.07. The lowest BCUT2D eigenvalue weighted by Gasteiger charge is -2.35. The number of nitrogens with zero attached hydrogens (tertiary/aromatic N) is 1. The van der Waals surface area contributed by atoms with E-state index in [2.05, 4.69) is 20.8 Å². The lowest BCUT2D eigenvalue weighted by molar-refractivity contribution is -0.923. The van der Waals surface area contributed by atoms with Gasteiger partial charge < -0.3 is 14.4 Å². The van der Waals surface area contributed by atoms with E-state index in [1.54, 1.807) is 0 Å². The molecule has 0 aliphatic carbocycles. The maximum Gasteiger partial charge on any atom is 0.0790 e. The second-order valence-electron chi connectivity index (χ2n) is 3.49. The summed E-state index contributed by atoms with van der Waals surface area (Å²) in [6, 6.07) is 0. The normalized spacial score (nSPS) is 11.6. The molecule has 3 heteroatoms. The van der Waals surface area contributed by atoms with Crippen molar-refractivity contribution in [1.29, 1.82) is 0 Å². The third kappa shape index (κ3) is 4.27. The van der Waals surface area contributed by atoms with Crippen molar-refractivity contribution in [3.8, 4) is 0 Å². The fourth-order valence-corrected chi connectivity index (χ4v) is 1.70. The number of carboxylic acid groups (broad SMARTS) is 1. The zero-order valence-electron chi connectivity index (χ0n) is 9.01. The van der Waals surface area contributed by atoms with Crippen molar-refractivity contribution < 1.29 is 14.4 Å². The van der Waals surface area contributed by atoms with Gasteiger partial charge in [0.1, 0.15) is 0 Å². The van der Waals surface area contributed by atoms with Gasteiger partial charge in [-0.3, -0.25) is 0 Å². The Kier molecular flexibility index (Phi) is 5.71. The maximum absolute atomic E-state index is 10.2. The average molecular weight is 187 g/mol. The van der Waals surface area contributed by atoms with E-state index < -0.39 is 5.97 Å². The number of aliphatic carboxylic acids is 1. The van der Waals surface area contributed by atoms with Crippen LogP contribution in [0.4, 0.5) is 0 Å². The minimum atomic E-state index is -0.929. The zero-order chi connectivity index (χ0) is 10.3. The number of hydrogen-bond donors (Lipinski definition) is 0. The number of hydrogen-bond acceptors (Lipinski definition) is 2. The number of carbonyl (C=O) groups excluding carboxylic acids is 1. The second kappa shape index (κ2) is 5.97. The molecule has 0 saturated heterocycles. The molecular formula is C10H21NO2. The number of rotatable bonds is 7. The molecular weight excluding hydrogens is 166 g/mol. The zero-order valence-corrected chi connectivity index (χ0v) is 9.01. The molecule has 0 rings (SSSR count). The average Bonchev–Trinajstić information content (AvgIpc) is 2.13. The summed E-state index contributed by atoms with van der Waals surface area (Å²) in [5.41, 5.74) is 0. The highest BCUT2D eigenvalue weighted by molar-refractivity contribution is 5.64. The molecule has 0 aliphatic rings. The first-order valence-corrected chi connectivity index (χ1v) is 5.15. The molecule has 0 aromatic carbocycles. The van der Waals surface area contributed by atoms with E-state index in [0.717, 1.165) is 37.1 Å². The second-order valence-corrected chi connectivity index (χ2v) is 3.49. The van der Waals surface area contributed by atoms with Gasteiger partial charge in [0.15, 0.2) is 0 Å². The van der Waals surface area contributed by atoms with Crippen molar-refractivity contribution in [2.45, 2.75) is 33.6 Å². The first-order valence-electron chi connectivity index (χ1n) is 5.15. The van der Waals surface area contributed by atoms with Crippen LogP contribution in [0.3, 0.4) is 0 Å². The number of carboxylic acids is 1. The number of quaternary nitrogens is 1. The van der Waals surface area contributed by atoms with Gasteiger partial charge in [0.25, 0.3) is 0 Å². The van der Waals surface area contributed by atoms with Crippen LogP contribution in [0.2, 0.25) is 0 Å². The molecule has 0 amide bonds. The minimum Gasteiger partial charge on any atom is -0.550 e. The summed E-state index contributed by atoms with van der Waals surface area (Å²) in [7, 11) is 0. The van der Waals surface area contributed by atoms with Gasteiger partial charge in [-0.2, -0.15) is 0 Å². The molecule has 0 fully saturated rings. The van der Waals surface area contributed by atoms with Crippen molar-refractivity contribution >= 4 is 5.97 Å². The van der Waals surface area contributed by atoms with Crippen LogP contribution in [0.15, 0.2) is 0 Å². The summed E-state index contributed by atoms with van der Waals surface area (Å²) >= 11 is 0. The maximum atomic E-state index is 10.2. The molecule has 13 heavy (non-hydrogen) atoms. The molecule has 0 bridgehead atoms. The Morgan fingerprint density at radius 3 is 1.92 bits per heavy atom. The number of carbonyl (C=O) groups is 1. The fraction of sp³-hybridized carbons (Fsp3) is 0.900. The molecule has 3 nitrogen and oxygen atoms in total. The molecule has 0 atom stereocenters. The van der Waals surface area contributed by atoms with Crippen LogP contribution < -0.4 is 5.11 Å². The molecule has 0 unspecified atom stereocenters. The van der Waals surface area contributed by atoms with E-state index in [-0.39, 0.29) is 6.42 Å². The van der Waals surface area contributed by atoms with Crippen molar-refractivity contribution in [1.82, 2.24) is 0 Å². The molecule has 0 aromatic heterocycles. The Morgan fingerprint density at radius 1 is 1.15 bits per heavy atom. The van der Waals surface area contributed by atoms with Gasteiger partial charge in [-0.15, -0.1) is 0 Å². The minimum absolute atomic E-state index is 0.194. The topological polar surface area (TPSA) is 40.1 Å². The van der Waals surface area contributed by atoms with Crippen molar-refractivity contribution in [2.75, 3.05) is 26.2 Å². The monoisotopic (exact) mass is 187 g/mol. The quantitative estimate of drug-likeness (QED) is 0.541. The Labute approximate surface area is 80.9 Å². The van der Waals surface area contributed by atoms with Crippen LogP contribution in [-0.4, -0.2) is 36.6 Å². The molecule has 0 heterocycles. The van der Waals surface area contributed by atoms with E-state index in [1.165, 1.54) is 0 Å². The molecule has 0 radical (unpaired) electrons. The van der Waals surface area contributed by atoms with Gasteiger partial charge in [0.05, 0.1) is 26.2 Å². The van der Waals surface area contributed by atoms with Gasteiger partial charge in [-0.1, -0.05) is 0 Å². The van der Waals surface area contributed by atoms with Gasteiger partial charge in [0, 0.05) is 12.4 Å². The molecule has 78 valence electrons. The van der Waals surface area contributed by atoms with Gasteiger partial charge in [-0.25, -0.2) is 0 Å². The molecule has 0 saturated carbocycles. The van der Waals surface area contributed by atoms with Crippen molar-refractivity contribution in [3.63, 3.8) is 0 Å². The highest BCUT2D eigenvalue weighted by Gasteiger charge is 2.19. The first-order chi connectivity index (χ1) is 6.10. The highest BCUT2D eigenvalue weighted by atomic mass is 16.4.